The second-order valence-electron chi connectivity index (χ2n) is 4.51. The third-order valence-electron chi connectivity index (χ3n) is 3.22. The lowest BCUT2D eigenvalue weighted by Crippen LogP contribution is -2.51. The molecule has 19 heavy (non-hydrogen) atoms. The van der Waals surface area contributed by atoms with Gasteiger partial charge in [0.15, 0.2) is 0 Å². The largest absolute Gasteiger partial charge is 0.452 e. The maximum absolute atomic E-state index is 12.4. The lowest BCUT2D eigenvalue weighted by atomic mass is 10.2. The van der Waals surface area contributed by atoms with Crippen LogP contribution in [0.3, 0.4) is 0 Å². The zero-order valence-corrected chi connectivity index (χ0v) is 11.3. The number of anilines is 1. The van der Waals surface area contributed by atoms with E-state index >= 15 is 0 Å². The van der Waals surface area contributed by atoms with Gasteiger partial charge in [0.05, 0.1) is 0 Å². The van der Waals surface area contributed by atoms with Crippen molar-refractivity contribution in [3.05, 3.63) is 5.82 Å². The molecule has 0 saturated carbocycles. The molecular weight excluding hydrogens is 279 g/mol. The van der Waals surface area contributed by atoms with Crippen LogP contribution in [0.5, 0.6) is 0 Å². The standard InChI is InChI=1S/C10H16F3N5S/c1-7(6-14)17-2-4-18(5-3-17)9-15-8(16-19-9)10(11,12)13/h7H,2-6,14H2,1H3. The molecule has 1 aromatic rings. The van der Waals surface area contributed by atoms with Crippen LogP contribution in [0.2, 0.25) is 0 Å². The van der Waals surface area contributed by atoms with E-state index in [9.17, 15) is 13.2 Å². The van der Waals surface area contributed by atoms with E-state index in [-0.39, 0.29) is 0 Å². The van der Waals surface area contributed by atoms with E-state index < -0.39 is 12.0 Å². The van der Waals surface area contributed by atoms with Gasteiger partial charge in [-0.15, -0.1) is 0 Å². The number of halogens is 3. The molecule has 1 fully saturated rings. The Balaban J connectivity index is 1.96. The lowest BCUT2D eigenvalue weighted by Gasteiger charge is -2.37. The molecule has 1 atom stereocenters. The highest BCUT2D eigenvalue weighted by Gasteiger charge is 2.37. The molecule has 0 bridgehead atoms. The molecule has 1 unspecified atom stereocenters. The second kappa shape index (κ2) is 5.59. The maximum Gasteiger partial charge on any atom is 0.452 e. The highest BCUT2D eigenvalue weighted by molar-refractivity contribution is 7.09. The van der Waals surface area contributed by atoms with Gasteiger partial charge in [0.1, 0.15) is 0 Å². The number of nitrogens with two attached hydrogens (primary N) is 1. The van der Waals surface area contributed by atoms with E-state index in [4.69, 9.17) is 5.73 Å². The van der Waals surface area contributed by atoms with Gasteiger partial charge in [-0.25, -0.2) is 0 Å². The van der Waals surface area contributed by atoms with Crippen LogP contribution in [0.1, 0.15) is 12.7 Å². The number of piperazine rings is 1. The third-order valence-corrected chi connectivity index (χ3v) is 4.00. The monoisotopic (exact) mass is 295 g/mol. The summed E-state index contributed by atoms with van der Waals surface area (Å²) in [6.45, 7) is 5.48. The Morgan fingerprint density at radius 2 is 1.95 bits per heavy atom. The number of rotatable bonds is 3. The number of nitrogens with zero attached hydrogens (tertiary/aromatic N) is 4. The summed E-state index contributed by atoms with van der Waals surface area (Å²) < 4.78 is 40.6. The van der Waals surface area contributed by atoms with Crippen molar-refractivity contribution in [3.63, 3.8) is 0 Å². The smallest absolute Gasteiger partial charge is 0.344 e. The molecule has 1 saturated heterocycles. The molecule has 0 spiro atoms. The SMILES string of the molecule is CC(CN)N1CCN(c2nc(C(F)(F)F)ns2)CC1. The molecule has 2 rings (SSSR count). The van der Waals surface area contributed by atoms with Gasteiger partial charge >= 0.3 is 6.18 Å². The topological polar surface area (TPSA) is 58.3 Å². The average Bonchev–Trinajstić information content (AvgIpc) is 2.87. The van der Waals surface area contributed by atoms with Crippen molar-refractivity contribution in [2.45, 2.75) is 19.1 Å². The number of alkyl halides is 3. The molecule has 0 amide bonds. The van der Waals surface area contributed by atoms with Crippen LogP contribution in [0.15, 0.2) is 0 Å². The van der Waals surface area contributed by atoms with Crippen molar-refractivity contribution in [2.75, 3.05) is 37.6 Å². The van der Waals surface area contributed by atoms with Gasteiger partial charge < -0.3 is 10.6 Å². The number of hydrogen-bond acceptors (Lipinski definition) is 6. The van der Waals surface area contributed by atoms with Crippen LogP contribution in [0.25, 0.3) is 0 Å². The van der Waals surface area contributed by atoms with E-state index in [2.05, 4.69) is 14.3 Å². The van der Waals surface area contributed by atoms with Crippen LogP contribution in [-0.2, 0) is 6.18 Å². The summed E-state index contributed by atoms with van der Waals surface area (Å²) in [5.41, 5.74) is 5.60. The van der Waals surface area contributed by atoms with Crippen LogP contribution >= 0.6 is 11.5 Å². The van der Waals surface area contributed by atoms with E-state index in [0.717, 1.165) is 24.6 Å². The first-order chi connectivity index (χ1) is 8.91. The molecule has 0 aromatic carbocycles. The van der Waals surface area contributed by atoms with Crippen molar-refractivity contribution >= 4 is 16.7 Å². The Kier molecular flexibility index (Phi) is 4.26. The molecule has 1 aliphatic heterocycles. The maximum atomic E-state index is 12.4. The second-order valence-corrected chi connectivity index (χ2v) is 5.24. The van der Waals surface area contributed by atoms with Gasteiger partial charge in [-0.1, -0.05) is 0 Å². The van der Waals surface area contributed by atoms with Crippen molar-refractivity contribution in [1.29, 1.82) is 0 Å². The molecule has 5 nitrogen and oxygen atoms in total. The molecule has 9 heteroatoms. The Morgan fingerprint density at radius 3 is 2.42 bits per heavy atom. The van der Waals surface area contributed by atoms with Crippen molar-refractivity contribution in [2.24, 2.45) is 5.73 Å². The molecule has 0 aliphatic carbocycles. The summed E-state index contributed by atoms with van der Waals surface area (Å²) in [6.07, 6.45) is -4.47. The van der Waals surface area contributed by atoms with E-state index in [1.807, 2.05) is 11.8 Å². The van der Waals surface area contributed by atoms with Gasteiger partial charge in [-0.2, -0.15) is 22.5 Å². The highest BCUT2D eigenvalue weighted by atomic mass is 32.1. The molecule has 108 valence electrons. The van der Waals surface area contributed by atoms with Gasteiger partial charge in [0, 0.05) is 50.3 Å². The predicted octanol–water partition coefficient (Wildman–Crippen LogP) is 1.03. The summed E-state index contributed by atoms with van der Waals surface area (Å²) in [5.74, 6) is -1.05. The van der Waals surface area contributed by atoms with Crippen molar-refractivity contribution in [1.82, 2.24) is 14.3 Å². The summed E-state index contributed by atoms with van der Waals surface area (Å²) in [4.78, 5) is 7.62. The predicted molar refractivity (Wildman–Crippen MR) is 67.2 cm³/mol. The van der Waals surface area contributed by atoms with Crippen LogP contribution in [-0.4, -0.2) is 53.0 Å². The van der Waals surface area contributed by atoms with Crippen molar-refractivity contribution < 1.29 is 13.2 Å². The average molecular weight is 295 g/mol. The highest BCUT2D eigenvalue weighted by Crippen LogP contribution is 2.30. The minimum atomic E-state index is -4.47. The van der Waals surface area contributed by atoms with Crippen LogP contribution in [0.4, 0.5) is 18.3 Å². The Labute approximate surface area is 113 Å². The van der Waals surface area contributed by atoms with Crippen LogP contribution in [0, 0.1) is 0 Å². The number of aromatic nitrogens is 2. The third kappa shape index (κ3) is 3.34. The first-order valence-electron chi connectivity index (χ1n) is 6.02. The van der Waals surface area contributed by atoms with Crippen LogP contribution < -0.4 is 10.6 Å². The summed E-state index contributed by atoms with van der Waals surface area (Å²) in [6, 6.07) is 0.294. The Hall–Kier alpha value is -0.930. The van der Waals surface area contributed by atoms with E-state index in [1.165, 1.54) is 0 Å². The lowest BCUT2D eigenvalue weighted by molar-refractivity contribution is -0.144. The fraction of sp³-hybridized carbons (Fsp3) is 0.800. The molecular formula is C10H16F3N5S. The minimum Gasteiger partial charge on any atom is -0.344 e. The fourth-order valence-corrected chi connectivity index (χ4v) is 2.70. The molecule has 0 radical (unpaired) electrons. The first-order valence-corrected chi connectivity index (χ1v) is 6.79. The van der Waals surface area contributed by atoms with Gasteiger partial charge in [0.25, 0.3) is 0 Å². The van der Waals surface area contributed by atoms with E-state index in [0.29, 0.717) is 30.8 Å². The summed E-state index contributed by atoms with van der Waals surface area (Å²) >= 11 is 0.800. The Morgan fingerprint density at radius 1 is 1.32 bits per heavy atom. The van der Waals surface area contributed by atoms with Gasteiger partial charge in [-0.3, -0.25) is 4.90 Å². The zero-order valence-electron chi connectivity index (χ0n) is 10.5. The van der Waals surface area contributed by atoms with Gasteiger partial charge in [0.2, 0.25) is 11.0 Å². The first kappa shape index (κ1) is 14.5. The van der Waals surface area contributed by atoms with Gasteiger partial charge in [-0.05, 0) is 6.92 Å². The molecule has 2 heterocycles. The fourth-order valence-electron chi connectivity index (χ4n) is 1.96. The zero-order chi connectivity index (χ0) is 14.0. The quantitative estimate of drug-likeness (QED) is 0.902. The van der Waals surface area contributed by atoms with Crippen molar-refractivity contribution in [3.8, 4) is 0 Å². The summed E-state index contributed by atoms with van der Waals surface area (Å²) in [7, 11) is 0. The normalized spacial score (nSPS) is 19.7. The number of hydrogen-bond donors (Lipinski definition) is 1. The summed E-state index contributed by atoms with van der Waals surface area (Å²) in [5, 5.41) is 0.340. The molecule has 1 aliphatic rings. The van der Waals surface area contributed by atoms with E-state index in [1.54, 1.807) is 0 Å². The minimum absolute atomic E-state index is 0.294. The molecule has 1 aromatic heterocycles. The molecule has 2 N–H and O–H groups in total. The Bertz CT molecular complexity index is 414.